The van der Waals surface area contributed by atoms with Gasteiger partial charge in [-0.2, -0.15) is 0 Å². The minimum Gasteiger partial charge on any atom is -0.598 e. The quantitative estimate of drug-likeness (QED) is 0.693. The lowest BCUT2D eigenvalue weighted by Crippen LogP contribution is -2.45. The standard InChI is InChI=1S/C9H21NOS/c1-7(2)8(3)10-12(11)9(4,5)6/h7-8,10H,1-6H3/t8-,12+/m0/s1. The number of rotatable bonds is 3. The summed E-state index contributed by atoms with van der Waals surface area (Å²) in [6.07, 6.45) is 0. The van der Waals surface area contributed by atoms with Gasteiger partial charge in [0.1, 0.15) is 4.75 Å². The van der Waals surface area contributed by atoms with E-state index in [4.69, 9.17) is 0 Å². The number of hydrogen-bond acceptors (Lipinski definition) is 2. The third-order valence-electron chi connectivity index (χ3n) is 1.85. The Morgan fingerprint density at radius 3 is 1.83 bits per heavy atom. The second kappa shape index (κ2) is 4.49. The Hall–Kier alpha value is 0.270. The SMILES string of the molecule is CC(C)[C@H](C)N[S@+]([O-])C(C)(C)C. The van der Waals surface area contributed by atoms with Gasteiger partial charge in [-0.3, -0.25) is 0 Å². The van der Waals surface area contributed by atoms with Crippen molar-refractivity contribution in [1.82, 2.24) is 4.72 Å². The first-order valence-corrected chi connectivity index (χ1v) is 5.58. The molecular weight excluding hydrogens is 170 g/mol. The van der Waals surface area contributed by atoms with Crippen LogP contribution in [0.25, 0.3) is 0 Å². The molecule has 2 nitrogen and oxygen atoms in total. The molecule has 0 radical (unpaired) electrons. The van der Waals surface area contributed by atoms with Gasteiger partial charge in [0, 0.05) is 11.4 Å². The Labute approximate surface area is 79.4 Å². The van der Waals surface area contributed by atoms with Crippen LogP contribution in [-0.4, -0.2) is 15.3 Å². The molecule has 0 unspecified atom stereocenters. The van der Waals surface area contributed by atoms with Gasteiger partial charge in [-0.25, -0.2) is 0 Å². The van der Waals surface area contributed by atoms with Crippen LogP contribution in [0.5, 0.6) is 0 Å². The van der Waals surface area contributed by atoms with Gasteiger partial charge in [-0.1, -0.05) is 13.8 Å². The van der Waals surface area contributed by atoms with Crippen molar-refractivity contribution in [2.24, 2.45) is 5.92 Å². The third-order valence-corrected chi connectivity index (χ3v) is 3.55. The lowest BCUT2D eigenvalue weighted by Gasteiger charge is -2.27. The molecule has 0 bridgehead atoms. The van der Waals surface area contributed by atoms with E-state index in [1.807, 2.05) is 20.8 Å². The third kappa shape index (κ3) is 4.33. The van der Waals surface area contributed by atoms with Crippen LogP contribution < -0.4 is 4.72 Å². The molecule has 0 aromatic rings. The predicted molar refractivity (Wildman–Crippen MR) is 55.3 cm³/mol. The minimum absolute atomic E-state index is 0.164. The van der Waals surface area contributed by atoms with Crippen LogP contribution in [0, 0.1) is 5.92 Å². The molecule has 0 heterocycles. The van der Waals surface area contributed by atoms with Gasteiger partial charge < -0.3 is 4.55 Å². The lowest BCUT2D eigenvalue weighted by molar-refractivity contribution is 0.464. The number of hydrogen-bond donors (Lipinski definition) is 1. The van der Waals surface area contributed by atoms with Crippen molar-refractivity contribution in [3.8, 4) is 0 Å². The molecule has 0 aliphatic carbocycles. The fraction of sp³-hybridized carbons (Fsp3) is 1.00. The minimum atomic E-state index is -0.938. The summed E-state index contributed by atoms with van der Waals surface area (Å²) in [5, 5.41) is 0. The second-order valence-electron chi connectivity index (χ2n) is 4.53. The molecule has 0 saturated heterocycles. The van der Waals surface area contributed by atoms with Crippen molar-refractivity contribution >= 4 is 11.4 Å². The average molecular weight is 191 g/mol. The van der Waals surface area contributed by atoms with Gasteiger partial charge in [0.25, 0.3) is 0 Å². The van der Waals surface area contributed by atoms with Crippen molar-refractivity contribution in [2.75, 3.05) is 0 Å². The Morgan fingerprint density at radius 1 is 1.17 bits per heavy atom. The van der Waals surface area contributed by atoms with Crippen LogP contribution in [0.4, 0.5) is 0 Å². The van der Waals surface area contributed by atoms with E-state index in [0.717, 1.165) is 0 Å². The fourth-order valence-electron chi connectivity index (χ4n) is 0.482. The maximum atomic E-state index is 11.6. The van der Waals surface area contributed by atoms with Gasteiger partial charge in [0.2, 0.25) is 0 Å². The predicted octanol–water partition coefficient (Wildman–Crippen LogP) is 2.08. The molecule has 0 saturated carbocycles. The average Bonchev–Trinajstić information content (AvgIpc) is 1.85. The largest absolute Gasteiger partial charge is 0.598 e. The Bertz CT molecular complexity index is 131. The molecule has 2 atom stereocenters. The molecule has 0 spiro atoms. The smallest absolute Gasteiger partial charge is 0.136 e. The fourth-order valence-corrected chi connectivity index (χ4v) is 1.45. The van der Waals surface area contributed by atoms with E-state index in [1.54, 1.807) is 0 Å². The Kier molecular flexibility index (Phi) is 4.59. The molecule has 74 valence electrons. The zero-order valence-corrected chi connectivity index (χ0v) is 9.79. The zero-order valence-electron chi connectivity index (χ0n) is 8.97. The molecular formula is C9H21NOS. The molecule has 3 heteroatoms. The first kappa shape index (κ1) is 12.3. The van der Waals surface area contributed by atoms with Gasteiger partial charge in [-0.15, -0.1) is 4.72 Å². The Morgan fingerprint density at radius 2 is 1.58 bits per heavy atom. The highest BCUT2D eigenvalue weighted by molar-refractivity contribution is 7.90. The van der Waals surface area contributed by atoms with Crippen molar-refractivity contribution < 1.29 is 4.55 Å². The van der Waals surface area contributed by atoms with Crippen molar-refractivity contribution in [3.63, 3.8) is 0 Å². The first-order chi connectivity index (χ1) is 5.25. The first-order valence-electron chi connectivity index (χ1n) is 4.43. The van der Waals surface area contributed by atoms with Crippen LogP contribution in [0.15, 0.2) is 0 Å². The molecule has 0 fully saturated rings. The second-order valence-corrected chi connectivity index (χ2v) is 6.53. The molecule has 1 N–H and O–H groups in total. The van der Waals surface area contributed by atoms with Crippen LogP contribution in [0.2, 0.25) is 0 Å². The maximum Gasteiger partial charge on any atom is 0.136 e. The normalized spacial score (nSPS) is 18.0. The molecule has 0 aromatic heterocycles. The highest BCUT2D eigenvalue weighted by atomic mass is 32.2. The molecule has 0 aliphatic heterocycles. The van der Waals surface area contributed by atoms with Crippen LogP contribution in [0.1, 0.15) is 41.5 Å². The lowest BCUT2D eigenvalue weighted by atomic mass is 10.1. The van der Waals surface area contributed by atoms with Crippen LogP contribution in [-0.2, 0) is 11.4 Å². The summed E-state index contributed by atoms with van der Waals surface area (Å²) in [5.41, 5.74) is 0. The highest BCUT2D eigenvalue weighted by Crippen LogP contribution is 2.15. The monoisotopic (exact) mass is 191 g/mol. The number of nitrogens with one attached hydrogen (secondary N) is 1. The van der Waals surface area contributed by atoms with Gasteiger partial charge in [-0.05, 0) is 33.6 Å². The topological polar surface area (TPSA) is 35.1 Å². The van der Waals surface area contributed by atoms with Gasteiger partial charge in [0.05, 0.1) is 6.04 Å². The molecule has 12 heavy (non-hydrogen) atoms. The van der Waals surface area contributed by atoms with Gasteiger partial charge >= 0.3 is 0 Å². The summed E-state index contributed by atoms with van der Waals surface area (Å²) in [4.78, 5) is 0. The van der Waals surface area contributed by atoms with Gasteiger partial charge in [0.15, 0.2) is 0 Å². The van der Waals surface area contributed by atoms with E-state index >= 15 is 0 Å². The Balaban J connectivity index is 3.93. The van der Waals surface area contributed by atoms with Crippen molar-refractivity contribution in [1.29, 1.82) is 0 Å². The van der Waals surface area contributed by atoms with E-state index in [2.05, 4.69) is 25.5 Å². The maximum absolute atomic E-state index is 11.6. The van der Waals surface area contributed by atoms with Crippen LogP contribution in [0.3, 0.4) is 0 Å². The highest BCUT2D eigenvalue weighted by Gasteiger charge is 2.28. The summed E-state index contributed by atoms with van der Waals surface area (Å²) in [7, 11) is 0. The van der Waals surface area contributed by atoms with E-state index in [1.165, 1.54) is 0 Å². The van der Waals surface area contributed by atoms with E-state index in [0.29, 0.717) is 12.0 Å². The summed E-state index contributed by atoms with van der Waals surface area (Å²) < 4.78 is 14.5. The molecule has 0 rings (SSSR count). The van der Waals surface area contributed by atoms with Crippen LogP contribution >= 0.6 is 0 Å². The summed E-state index contributed by atoms with van der Waals surface area (Å²) in [6, 6.07) is 0.310. The van der Waals surface area contributed by atoms with E-state index in [-0.39, 0.29) is 4.75 Å². The summed E-state index contributed by atoms with van der Waals surface area (Å²) >= 11 is -0.938. The molecule has 0 aromatic carbocycles. The molecule has 0 amide bonds. The van der Waals surface area contributed by atoms with E-state index in [9.17, 15) is 4.55 Å². The summed E-state index contributed by atoms with van der Waals surface area (Å²) in [5.74, 6) is 0.524. The molecule has 0 aliphatic rings. The van der Waals surface area contributed by atoms with Crippen molar-refractivity contribution in [3.05, 3.63) is 0 Å². The van der Waals surface area contributed by atoms with E-state index < -0.39 is 11.4 Å². The van der Waals surface area contributed by atoms with Crippen molar-refractivity contribution in [2.45, 2.75) is 52.3 Å². The zero-order chi connectivity index (χ0) is 9.94. The summed E-state index contributed by atoms with van der Waals surface area (Å²) in [6.45, 7) is 12.2.